The molecule has 0 aliphatic rings. The monoisotopic (exact) mass is 180 g/mol. The molecule has 0 aliphatic carbocycles. The summed E-state index contributed by atoms with van der Waals surface area (Å²) in [5, 5.41) is -0.724. The van der Waals surface area contributed by atoms with Gasteiger partial charge in [-0.25, -0.2) is 4.79 Å². The number of carbonyl (C=O) groups is 2. The quantitative estimate of drug-likeness (QED) is 0.486. The molecule has 4 nitrogen and oxygen atoms in total. The zero-order chi connectivity index (χ0) is 8.85. The highest BCUT2D eigenvalue weighted by atomic mass is 35.5. The van der Waals surface area contributed by atoms with Gasteiger partial charge >= 0.3 is 6.16 Å². The third-order valence-corrected chi connectivity index (χ3v) is 1.16. The summed E-state index contributed by atoms with van der Waals surface area (Å²) in [7, 11) is 0. The Morgan fingerprint density at radius 1 is 1.55 bits per heavy atom. The summed E-state index contributed by atoms with van der Waals surface area (Å²) >= 11 is 5.00. The summed E-state index contributed by atoms with van der Waals surface area (Å²) in [6.45, 7) is 3.21. The Balaban J connectivity index is 3.66. The molecule has 0 N–H and O–H groups in total. The number of rotatable bonds is 3. The fraction of sp³-hybridized carbons (Fsp3) is 0.667. The molecular formula is C6H9ClO4. The fourth-order valence-corrected chi connectivity index (χ4v) is 0.387. The molecule has 0 amide bonds. The molecule has 0 bridgehead atoms. The molecule has 11 heavy (non-hydrogen) atoms. The molecule has 0 fully saturated rings. The van der Waals surface area contributed by atoms with Crippen LogP contribution < -0.4 is 0 Å². The summed E-state index contributed by atoms with van der Waals surface area (Å²) in [6.07, 6.45) is -1.83. The number of ether oxygens (including phenoxy) is 2. The van der Waals surface area contributed by atoms with Crippen molar-refractivity contribution in [1.29, 1.82) is 0 Å². The number of hydrogen-bond acceptors (Lipinski definition) is 4. The van der Waals surface area contributed by atoms with Gasteiger partial charge in [-0.05, 0) is 25.4 Å². The van der Waals surface area contributed by atoms with Gasteiger partial charge in [0.1, 0.15) is 0 Å². The fourth-order valence-electron chi connectivity index (χ4n) is 0.343. The highest BCUT2D eigenvalue weighted by Gasteiger charge is 2.15. The molecule has 0 aromatic heterocycles. The Morgan fingerprint density at radius 3 is 2.45 bits per heavy atom. The van der Waals surface area contributed by atoms with E-state index in [1.807, 2.05) is 0 Å². The van der Waals surface area contributed by atoms with E-state index in [-0.39, 0.29) is 6.61 Å². The summed E-state index contributed by atoms with van der Waals surface area (Å²) < 4.78 is 8.80. The lowest BCUT2D eigenvalue weighted by molar-refractivity contribution is -0.119. The maximum atomic E-state index is 10.5. The van der Waals surface area contributed by atoms with E-state index in [2.05, 4.69) is 9.47 Å². The molecule has 0 heterocycles. The van der Waals surface area contributed by atoms with Crippen LogP contribution in [0.4, 0.5) is 4.79 Å². The Bertz CT molecular complexity index is 157. The molecule has 0 aromatic rings. The normalized spacial score (nSPS) is 11.9. The summed E-state index contributed by atoms with van der Waals surface area (Å²) in [6, 6.07) is 0. The van der Waals surface area contributed by atoms with E-state index in [0.29, 0.717) is 0 Å². The number of halogens is 1. The van der Waals surface area contributed by atoms with E-state index in [0.717, 1.165) is 0 Å². The second-order valence-corrected chi connectivity index (χ2v) is 2.12. The average Bonchev–Trinajstić information content (AvgIpc) is 1.87. The summed E-state index contributed by atoms with van der Waals surface area (Å²) in [5.74, 6) is 0. The molecule has 1 atom stereocenters. The van der Waals surface area contributed by atoms with Crippen LogP contribution in [0.15, 0.2) is 0 Å². The molecule has 64 valence electrons. The molecule has 0 aliphatic heterocycles. The number of carbonyl (C=O) groups excluding carboxylic acids is 2. The van der Waals surface area contributed by atoms with Gasteiger partial charge in [0.2, 0.25) is 0 Å². The van der Waals surface area contributed by atoms with Gasteiger partial charge in [-0.1, -0.05) is 0 Å². The Morgan fingerprint density at radius 2 is 2.09 bits per heavy atom. The topological polar surface area (TPSA) is 52.6 Å². The Kier molecular flexibility index (Phi) is 4.61. The Labute approximate surface area is 69.4 Å². The Hall–Kier alpha value is -0.770. The first-order chi connectivity index (χ1) is 5.07. The van der Waals surface area contributed by atoms with Crippen molar-refractivity contribution in [2.75, 3.05) is 6.61 Å². The van der Waals surface area contributed by atoms with E-state index < -0.39 is 17.5 Å². The third-order valence-electron chi connectivity index (χ3n) is 0.855. The van der Waals surface area contributed by atoms with Gasteiger partial charge in [-0.2, -0.15) is 0 Å². The van der Waals surface area contributed by atoms with E-state index in [4.69, 9.17) is 11.6 Å². The molecule has 0 radical (unpaired) electrons. The maximum absolute atomic E-state index is 10.5. The van der Waals surface area contributed by atoms with Crippen LogP contribution >= 0.6 is 11.6 Å². The first-order valence-corrected chi connectivity index (χ1v) is 3.48. The van der Waals surface area contributed by atoms with Crippen LogP contribution in [0.3, 0.4) is 0 Å². The molecular weight excluding hydrogens is 172 g/mol. The molecule has 0 rings (SSSR count). The molecule has 1 unspecified atom stereocenters. The van der Waals surface area contributed by atoms with Crippen molar-refractivity contribution in [1.82, 2.24) is 0 Å². The molecule has 0 saturated carbocycles. The highest BCUT2D eigenvalue weighted by molar-refractivity contribution is 6.64. The van der Waals surface area contributed by atoms with Gasteiger partial charge in [0.05, 0.1) is 6.61 Å². The molecule has 5 heteroatoms. The molecule has 0 aromatic carbocycles. The summed E-state index contributed by atoms with van der Waals surface area (Å²) in [5.41, 5.74) is 0. The van der Waals surface area contributed by atoms with E-state index in [1.165, 1.54) is 6.92 Å². The second kappa shape index (κ2) is 4.96. The molecule has 0 saturated heterocycles. The van der Waals surface area contributed by atoms with Gasteiger partial charge in [-0.3, -0.25) is 4.79 Å². The van der Waals surface area contributed by atoms with Crippen molar-refractivity contribution in [2.45, 2.75) is 20.0 Å². The first-order valence-electron chi connectivity index (χ1n) is 3.10. The minimum atomic E-state index is -0.948. The maximum Gasteiger partial charge on any atom is 0.509 e. The van der Waals surface area contributed by atoms with Crippen molar-refractivity contribution in [3.8, 4) is 0 Å². The van der Waals surface area contributed by atoms with Crippen molar-refractivity contribution >= 4 is 23.0 Å². The predicted octanol–water partition coefficient (Wildman–Crippen LogP) is 1.31. The van der Waals surface area contributed by atoms with Crippen LogP contribution in [0.2, 0.25) is 0 Å². The first kappa shape index (κ1) is 10.2. The zero-order valence-electron chi connectivity index (χ0n) is 6.30. The van der Waals surface area contributed by atoms with E-state index in [1.54, 1.807) is 6.92 Å². The van der Waals surface area contributed by atoms with Gasteiger partial charge in [0, 0.05) is 0 Å². The van der Waals surface area contributed by atoms with Crippen LogP contribution in [-0.2, 0) is 14.3 Å². The van der Waals surface area contributed by atoms with Gasteiger partial charge in [0.25, 0.3) is 5.24 Å². The van der Waals surface area contributed by atoms with Gasteiger partial charge < -0.3 is 9.47 Å². The van der Waals surface area contributed by atoms with E-state index in [9.17, 15) is 9.59 Å². The zero-order valence-corrected chi connectivity index (χ0v) is 7.05. The van der Waals surface area contributed by atoms with Crippen LogP contribution in [0, 0.1) is 0 Å². The van der Waals surface area contributed by atoms with Crippen molar-refractivity contribution < 1.29 is 19.1 Å². The highest BCUT2D eigenvalue weighted by Crippen LogP contribution is 1.98. The SMILES string of the molecule is CCOC(=O)OC(C)C(=O)Cl. The van der Waals surface area contributed by atoms with Crippen LogP contribution in [-0.4, -0.2) is 24.1 Å². The van der Waals surface area contributed by atoms with Crippen molar-refractivity contribution in [2.24, 2.45) is 0 Å². The average molecular weight is 181 g/mol. The minimum absolute atomic E-state index is 0.210. The molecule has 0 spiro atoms. The van der Waals surface area contributed by atoms with Crippen molar-refractivity contribution in [3.05, 3.63) is 0 Å². The van der Waals surface area contributed by atoms with Crippen molar-refractivity contribution in [3.63, 3.8) is 0 Å². The smallest absolute Gasteiger partial charge is 0.435 e. The third kappa shape index (κ3) is 4.61. The van der Waals surface area contributed by atoms with Gasteiger partial charge in [-0.15, -0.1) is 0 Å². The minimum Gasteiger partial charge on any atom is -0.435 e. The summed E-state index contributed by atoms with van der Waals surface area (Å²) in [4.78, 5) is 20.8. The standard InChI is InChI=1S/C6H9ClO4/c1-3-10-6(9)11-4(2)5(7)8/h4H,3H2,1-2H3. The lowest BCUT2D eigenvalue weighted by atomic mass is 10.5. The number of hydrogen-bond donors (Lipinski definition) is 0. The van der Waals surface area contributed by atoms with Crippen LogP contribution in [0.1, 0.15) is 13.8 Å². The lowest BCUT2D eigenvalue weighted by Gasteiger charge is -2.07. The lowest BCUT2D eigenvalue weighted by Crippen LogP contribution is -2.20. The van der Waals surface area contributed by atoms with Crippen LogP contribution in [0.5, 0.6) is 0 Å². The second-order valence-electron chi connectivity index (χ2n) is 1.75. The van der Waals surface area contributed by atoms with E-state index >= 15 is 0 Å². The largest absolute Gasteiger partial charge is 0.509 e. The van der Waals surface area contributed by atoms with Crippen LogP contribution in [0.25, 0.3) is 0 Å². The predicted molar refractivity (Wildman–Crippen MR) is 38.4 cm³/mol. The van der Waals surface area contributed by atoms with Gasteiger partial charge in [0.15, 0.2) is 6.10 Å².